The van der Waals surface area contributed by atoms with Crippen LogP contribution in [0, 0.1) is 6.92 Å². The highest BCUT2D eigenvalue weighted by atomic mass is 32.2. The van der Waals surface area contributed by atoms with Gasteiger partial charge in [-0.25, -0.2) is 8.42 Å². The zero-order valence-electron chi connectivity index (χ0n) is 23.0. The van der Waals surface area contributed by atoms with E-state index in [0.29, 0.717) is 24.6 Å². The Morgan fingerprint density at radius 3 is 2.15 bits per heavy atom. The summed E-state index contributed by atoms with van der Waals surface area (Å²) in [6.45, 7) is 6.20. The van der Waals surface area contributed by atoms with Crippen molar-refractivity contribution in [1.82, 2.24) is 10.2 Å². The smallest absolute Gasteiger partial charge is 0.244 e. The van der Waals surface area contributed by atoms with E-state index in [1.807, 2.05) is 75.4 Å². The first-order chi connectivity index (χ1) is 18.6. The molecule has 0 aliphatic carbocycles. The number of hydrogen-bond donors (Lipinski definition) is 1. The molecule has 0 saturated carbocycles. The van der Waals surface area contributed by atoms with Gasteiger partial charge >= 0.3 is 0 Å². The number of benzene rings is 3. The molecule has 1 N–H and O–H groups in total. The maximum absolute atomic E-state index is 14.0. The topological polar surface area (TPSA) is 96.0 Å². The monoisotopic (exact) mass is 551 g/mol. The average molecular weight is 552 g/mol. The number of sulfonamides is 1. The molecule has 9 heteroatoms. The summed E-state index contributed by atoms with van der Waals surface area (Å²) in [7, 11) is -3.82. The Morgan fingerprint density at radius 1 is 0.923 bits per heavy atom. The first kappa shape index (κ1) is 29.7. The standard InChI is InChI=1S/C30H37N3O5S/c1-5-31-30(35)28(20-24-13-8-7-9-14-24)32(21-25-15-11-10-12-23(25)3)29(34)22-33(39(4,36)37)26-16-18-27(19-17-26)38-6-2/h7-19,28H,5-6,20-22H2,1-4H3,(H,31,35). The Balaban J connectivity index is 2.02. The normalized spacial score (nSPS) is 11.9. The molecule has 0 heterocycles. The van der Waals surface area contributed by atoms with E-state index in [0.717, 1.165) is 27.3 Å². The third-order valence-corrected chi connectivity index (χ3v) is 7.48. The number of hydrogen-bond acceptors (Lipinski definition) is 5. The fraction of sp³-hybridized carbons (Fsp3) is 0.333. The first-order valence-corrected chi connectivity index (χ1v) is 14.8. The van der Waals surface area contributed by atoms with Gasteiger partial charge in [0.2, 0.25) is 21.8 Å². The molecule has 0 saturated heterocycles. The van der Waals surface area contributed by atoms with Gasteiger partial charge in [-0.05, 0) is 61.7 Å². The van der Waals surface area contributed by atoms with Crippen molar-refractivity contribution in [3.63, 3.8) is 0 Å². The van der Waals surface area contributed by atoms with Crippen molar-refractivity contribution in [2.24, 2.45) is 0 Å². The van der Waals surface area contributed by atoms with Crippen LogP contribution in [0.4, 0.5) is 5.69 Å². The zero-order chi connectivity index (χ0) is 28.4. The summed E-state index contributed by atoms with van der Waals surface area (Å²) < 4.78 is 32.2. The first-order valence-electron chi connectivity index (χ1n) is 13.0. The molecule has 0 bridgehead atoms. The Kier molecular flexibility index (Phi) is 10.5. The fourth-order valence-electron chi connectivity index (χ4n) is 4.31. The van der Waals surface area contributed by atoms with E-state index in [1.54, 1.807) is 24.3 Å². The van der Waals surface area contributed by atoms with E-state index in [2.05, 4.69) is 5.32 Å². The molecule has 208 valence electrons. The number of anilines is 1. The molecule has 8 nitrogen and oxygen atoms in total. The Bertz CT molecular complexity index is 1340. The maximum atomic E-state index is 14.0. The number of aryl methyl sites for hydroxylation is 1. The zero-order valence-corrected chi connectivity index (χ0v) is 23.8. The number of likely N-dealkylation sites (N-methyl/N-ethyl adjacent to an activating group) is 1. The van der Waals surface area contributed by atoms with Gasteiger partial charge in [-0.3, -0.25) is 13.9 Å². The van der Waals surface area contributed by atoms with Gasteiger partial charge in [0.15, 0.2) is 0 Å². The van der Waals surface area contributed by atoms with E-state index >= 15 is 0 Å². The molecule has 1 atom stereocenters. The van der Waals surface area contributed by atoms with Crippen LogP contribution < -0.4 is 14.4 Å². The predicted octanol–water partition coefficient (Wildman–Crippen LogP) is 3.94. The third kappa shape index (κ3) is 8.32. The Hall–Kier alpha value is -3.85. The highest BCUT2D eigenvalue weighted by Gasteiger charge is 2.33. The number of ether oxygens (including phenoxy) is 1. The largest absolute Gasteiger partial charge is 0.494 e. The van der Waals surface area contributed by atoms with E-state index in [4.69, 9.17) is 4.74 Å². The minimum absolute atomic E-state index is 0.154. The molecule has 3 rings (SSSR count). The van der Waals surface area contributed by atoms with Crippen LogP contribution in [-0.4, -0.2) is 57.1 Å². The van der Waals surface area contributed by atoms with Crippen LogP contribution in [0.5, 0.6) is 5.75 Å². The third-order valence-electron chi connectivity index (χ3n) is 6.34. The number of nitrogens with one attached hydrogen (secondary N) is 1. The van der Waals surface area contributed by atoms with Crippen molar-refractivity contribution in [2.75, 3.05) is 30.3 Å². The summed E-state index contributed by atoms with van der Waals surface area (Å²) in [6, 6.07) is 22.8. The average Bonchev–Trinajstić information content (AvgIpc) is 2.91. The van der Waals surface area contributed by atoms with Crippen LogP contribution in [0.1, 0.15) is 30.5 Å². The highest BCUT2D eigenvalue weighted by Crippen LogP contribution is 2.23. The molecule has 0 aliphatic rings. The molecule has 0 spiro atoms. The lowest BCUT2D eigenvalue weighted by atomic mass is 10.0. The quantitative estimate of drug-likeness (QED) is 0.347. The Morgan fingerprint density at radius 2 is 1.56 bits per heavy atom. The summed E-state index contributed by atoms with van der Waals surface area (Å²) in [5.74, 6) is -0.179. The van der Waals surface area contributed by atoms with Crippen molar-refractivity contribution < 1.29 is 22.7 Å². The summed E-state index contributed by atoms with van der Waals surface area (Å²) >= 11 is 0. The van der Waals surface area contributed by atoms with Crippen LogP contribution in [0.25, 0.3) is 0 Å². The number of nitrogens with zero attached hydrogens (tertiary/aromatic N) is 2. The molecule has 0 aromatic heterocycles. The second-order valence-corrected chi connectivity index (χ2v) is 11.2. The molecule has 0 fully saturated rings. The number of carbonyl (C=O) groups is 2. The lowest BCUT2D eigenvalue weighted by Crippen LogP contribution is -2.53. The van der Waals surface area contributed by atoms with E-state index in [-0.39, 0.29) is 18.9 Å². The van der Waals surface area contributed by atoms with E-state index < -0.39 is 28.5 Å². The fourth-order valence-corrected chi connectivity index (χ4v) is 5.16. The lowest BCUT2D eigenvalue weighted by molar-refractivity contribution is -0.140. The lowest BCUT2D eigenvalue weighted by Gasteiger charge is -2.33. The molecule has 1 unspecified atom stereocenters. The van der Waals surface area contributed by atoms with Gasteiger partial charge in [-0.2, -0.15) is 0 Å². The number of amides is 2. The van der Waals surface area contributed by atoms with Gasteiger partial charge in [-0.15, -0.1) is 0 Å². The minimum Gasteiger partial charge on any atom is -0.494 e. The number of carbonyl (C=O) groups excluding carboxylic acids is 2. The second-order valence-electron chi connectivity index (χ2n) is 9.24. The van der Waals surface area contributed by atoms with Gasteiger partial charge in [0.05, 0.1) is 18.6 Å². The van der Waals surface area contributed by atoms with Crippen molar-refractivity contribution >= 4 is 27.5 Å². The van der Waals surface area contributed by atoms with Gasteiger partial charge < -0.3 is 15.0 Å². The van der Waals surface area contributed by atoms with Crippen LogP contribution in [0.3, 0.4) is 0 Å². The predicted molar refractivity (Wildman–Crippen MR) is 154 cm³/mol. The van der Waals surface area contributed by atoms with Crippen molar-refractivity contribution in [1.29, 1.82) is 0 Å². The molecular weight excluding hydrogens is 514 g/mol. The molecule has 2 amide bonds. The molecule has 39 heavy (non-hydrogen) atoms. The summed E-state index contributed by atoms with van der Waals surface area (Å²) in [6.07, 6.45) is 1.35. The molecule has 3 aromatic rings. The highest BCUT2D eigenvalue weighted by molar-refractivity contribution is 7.92. The molecule has 3 aromatic carbocycles. The number of rotatable bonds is 13. The van der Waals surface area contributed by atoms with Gasteiger partial charge in [0.1, 0.15) is 18.3 Å². The molecule has 0 aliphatic heterocycles. The summed E-state index contributed by atoms with van der Waals surface area (Å²) in [5.41, 5.74) is 3.07. The van der Waals surface area contributed by atoms with Crippen LogP contribution >= 0.6 is 0 Å². The van der Waals surface area contributed by atoms with E-state index in [1.165, 1.54) is 4.90 Å². The summed E-state index contributed by atoms with van der Waals surface area (Å²) in [4.78, 5) is 28.9. The van der Waals surface area contributed by atoms with Gasteiger partial charge in [0.25, 0.3) is 0 Å². The van der Waals surface area contributed by atoms with Crippen molar-refractivity contribution in [3.8, 4) is 5.75 Å². The molecule has 0 radical (unpaired) electrons. The SMILES string of the molecule is CCNC(=O)C(Cc1ccccc1)N(Cc1ccccc1C)C(=O)CN(c1ccc(OCC)cc1)S(C)(=O)=O. The Labute approximate surface area is 231 Å². The van der Waals surface area contributed by atoms with Gasteiger partial charge in [-0.1, -0.05) is 54.6 Å². The van der Waals surface area contributed by atoms with E-state index in [9.17, 15) is 18.0 Å². The summed E-state index contributed by atoms with van der Waals surface area (Å²) in [5, 5.41) is 2.86. The van der Waals surface area contributed by atoms with Crippen LogP contribution in [0.2, 0.25) is 0 Å². The van der Waals surface area contributed by atoms with Crippen molar-refractivity contribution in [2.45, 2.75) is 39.8 Å². The maximum Gasteiger partial charge on any atom is 0.244 e. The minimum atomic E-state index is -3.82. The van der Waals surface area contributed by atoms with Crippen molar-refractivity contribution in [3.05, 3.63) is 95.6 Å². The second kappa shape index (κ2) is 13.8. The van der Waals surface area contributed by atoms with Crippen LogP contribution in [-0.2, 0) is 32.6 Å². The van der Waals surface area contributed by atoms with Gasteiger partial charge in [0, 0.05) is 19.5 Å². The molecular formula is C30H37N3O5S. The van der Waals surface area contributed by atoms with Crippen LogP contribution in [0.15, 0.2) is 78.9 Å².